The van der Waals surface area contributed by atoms with Crippen LogP contribution >= 0.6 is 0 Å². The Hall–Kier alpha value is -1.39. The quantitative estimate of drug-likeness (QED) is 0.810. The van der Waals surface area contributed by atoms with E-state index < -0.39 is 5.97 Å². The van der Waals surface area contributed by atoms with Crippen LogP contribution in [-0.2, 0) is 15.1 Å². The molecule has 0 spiro atoms. The first-order chi connectivity index (χ1) is 8.57. The lowest BCUT2D eigenvalue weighted by molar-refractivity contribution is -0.137. The van der Waals surface area contributed by atoms with Crippen LogP contribution in [0.25, 0.3) is 0 Å². The maximum Gasteiger partial charge on any atom is 0.303 e. The smallest absolute Gasteiger partial charge is 0.303 e. The Morgan fingerprint density at radius 2 is 2.06 bits per heavy atom. The third-order valence-electron chi connectivity index (χ3n) is 3.63. The molecule has 1 aliphatic rings. The van der Waals surface area contributed by atoms with Gasteiger partial charge >= 0.3 is 5.97 Å². The number of ether oxygens (including phenoxy) is 1. The second-order valence-corrected chi connectivity index (χ2v) is 4.86. The molecule has 4 nitrogen and oxygen atoms in total. The van der Waals surface area contributed by atoms with E-state index in [1.54, 1.807) is 7.11 Å². The van der Waals surface area contributed by atoms with E-state index in [4.69, 9.17) is 15.6 Å². The van der Waals surface area contributed by atoms with Gasteiger partial charge in [-0.2, -0.15) is 0 Å². The number of carboxylic acid groups (broad SMARTS) is 1. The van der Waals surface area contributed by atoms with Crippen molar-refractivity contribution in [1.82, 2.24) is 0 Å². The maximum absolute atomic E-state index is 10.5. The standard InChI is InChI=1S/C14H19NO3/c1-18-14(8-9-14)11-4-2-10(3-5-11)12(15)6-7-13(16)17/h2-5,12H,6-9,15H2,1H3,(H,16,17). The van der Waals surface area contributed by atoms with Crippen LogP contribution in [0.1, 0.15) is 42.9 Å². The molecule has 1 saturated carbocycles. The van der Waals surface area contributed by atoms with Crippen molar-refractivity contribution in [3.05, 3.63) is 35.4 Å². The Bertz CT molecular complexity index is 423. The van der Waals surface area contributed by atoms with Crippen LogP contribution < -0.4 is 5.73 Å². The van der Waals surface area contributed by atoms with Gasteiger partial charge in [0.25, 0.3) is 0 Å². The Labute approximate surface area is 107 Å². The van der Waals surface area contributed by atoms with Crippen molar-refractivity contribution < 1.29 is 14.6 Å². The number of hydrogen-bond acceptors (Lipinski definition) is 3. The van der Waals surface area contributed by atoms with Gasteiger partial charge in [0.2, 0.25) is 0 Å². The third kappa shape index (κ3) is 2.71. The van der Waals surface area contributed by atoms with Gasteiger partial charge in [-0.3, -0.25) is 4.79 Å². The molecule has 18 heavy (non-hydrogen) atoms. The number of hydrogen-bond donors (Lipinski definition) is 2. The second kappa shape index (κ2) is 5.08. The number of benzene rings is 1. The molecule has 0 aromatic heterocycles. The number of rotatable bonds is 6. The molecule has 1 aromatic rings. The minimum absolute atomic E-state index is 0.0797. The van der Waals surface area contributed by atoms with Gasteiger partial charge in [-0.1, -0.05) is 24.3 Å². The lowest BCUT2D eigenvalue weighted by Gasteiger charge is -2.16. The summed E-state index contributed by atoms with van der Waals surface area (Å²) in [4.78, 5) is 10.5. The maximum atomic E-state index is 10.5. The Morgan fingerprint density at radius 1 is 1.44 bits per heavy atom. The van der Waals surface area contributed by atoms with E-state index in [1.807, 2.05) is 24.3 Å². The Morgan fingerprint density at radius 3 is 2.50 bits per heavy atom. The zero-order valence-electron chi connectivity index (χ0n) is 10.6. The van der Waals surface area contributed by atoms with Gasteiger partial charge < -0.3 is 15.6 Å². The minimum Gasteiger partial charge on any atom is -0.481 e. The first-order valence-corrected chi connectivity index (χ1v) is 6.20. The third-order valence-corrected chi connectivity index (χ3v) is 3.63. The van der Waals surface area contributed by atoms with E-state index in [0.717, 1.165) is 18.4 Å². The topological polar surface area (TPSA) is 72.5 Å². The van der Waals surface area contributed by atoms with E-state index in [-0.39, 0.29) is 18.1 Å². The zero-order chi connectivity index (χ0) is 13.2. The Balaban J connectivity index is 2.01. The van der Waals surface area contributed by atoms with Gasteiger partial charge in [0.05, 0.1) is 5.60 Å². The molecule has 1 aromatic carbocycles. The summed E-state index contributed by atoms with van der Waals surface area (Å²) in [6.45, 7) is 0. The molecule has 1 unspecified atom stereocenters. The van der Waals surface area contributed by atoms with E-state index in [9.17, 15) is 4.79 Å². The molecule has 98 valence electrons. The molecule has 0 saturated heterocycles. The van der Waals surface area contributed by atoms with Crippen molar-refractivity contribution in [2.75, 3.05) is 7.11 Å². The highest BCUT2D eigenvalue weighted by Gasteiger charge is 2.44. The molecular formula is C14H19NO3. The number of carboxylic acids is 1. The highest BCUT2D eigenvalue weighted by atomic mass is 16.5. The summed E-state index contributed by atoms with van der Waals surface area (Å²) in [6.07, 6.45) is 2.69. The number of nitrogens with two attached hydrogens (primary N) is 1. The van der Waals surface area contributed by atoms with Crippen LogP contribution in [0.5, 0.6) is 0 Å². The van der Waals surface area contributed by atoms with Gasteiger partial charge in [-0.15, -0.1) is 0 Å². The monoisotopic (exact) mass is 249 g/mol. The largest absolute Gasteiger partial charge is 0.481 e. The van der Waals surface area contributed by atoms with Crippen molar-refractivity contribution in [1.29, 1.82) is 0 Å². The molecule has 1 aliphatic carbocycles. The number of aliphatic carboxylic acids is 1. The SMILES string of the molecule is COC1(c2ccc(C(N)CCC(=O)O)cc2)CC1. The van der Waals surface area contributed by atoms with Crippen LogP contribution in [0.4, 0.5) is 0 Å². The van der Waals surface area contributed by atoms with Gasteiger partial charge in [-0.05, 0) is 30.4 Å². The summed E-state index contributed by atoms with van der Waals surface area (Å²) in [7, 11) is 1.74. The molecule has 1 atom stereocenters. The molecule has 1 fully saturated rings. The molecule has 0 aliphatic heterocycles. The first kappa shape index (κ1) is 13.1. The van der Waals surface area contributed by atoms with Crippen molar-refractivity contribution >= 4 is 5.97 Å². The summed E-state index contributed by atoms with van der Waals surface area (Å²) in [5.74, 6) is -0.807. The molecular weight excluding hydrogens is 230 g/mol. The molecule has 0 heterocycles. The molecule has 0 bridgehead atoms. The molecule has 2 rings (SSSR count). The summed E-state index contributed by atoms with van der Waals surface area (Å²) in [6, 6.07) is 7.80. The fourth-order valence-corrected chi connectivity index (χ4v) is 2.20. The van der Waals surface area contributed by atoms with Crippen molar-refractivity contribution in [3.63, 3.8) is 0 Å². The van der Waals surface area contributed by atoms with Gasteiger partial charge in [0, 0.05) is 19.6 Å². The van der Waals surface area contributed by atoms with Crippen molar-refractivity contribution in [2.24, 2.45) is 5.73 Å². The van der Waals surface area contributed by atoms with Crippen molar-refractivity contribution in [2.45, 2.75) is 37.3 Å². The molecule has 3 N–H and O–H groups in total. The second-order valence-electron chi connectivity index (χ2n) is 4.86. The van der Waals surface area contributed by atoms with E-state index >= 15 is 0 Å². The summed E-state index contributed by atoms with van der Waals surface area (Å²) >= 11 is 0. The van der Waals surface area contributed by atoms with Crippen LogP contribution in [0.15, 0.2) is 24.3 Å². The van der Waals surface area contributed by atoms with Gasteiger partial charge in [0.15, 0.2) is 0 Å². The highest BCUT2D eigenvalue weighted by molar-refractivity contribution is 5.66. The minimum atomic E-state index is -0.807. The first-order valence-electron chi connectivity index (χ1n) is 6.20. The van der Waals surface area contributed by atoms with E-state index in [1.165, 1.54) is 5.56 Å². The van der Waals surface area contributed by atoms with Crippen molar-refractivity contribution in [3.8, 4) is 0 Å². The Kier molecular flexibility index (Phi) is 3.68. The fraction of sp³-hybridized carbons (Fsp3) is 0.500. The average Bonchev–Trinajstić information content (AvgIpc) is 3.17. The molecule has 0 amide bonds. The van der Waals surface area contributed by atoms with E-state index in [0.29, 0.717) is 6.42 Å². The lowest BCUT2D eigenvalue weighted by Crippen LogP contribution is -2.13. The normalized spacial score (nSPS) is 18.3. The van der Waals surface area contributed by atoms with Gasteiger partial charge in [0.1, 0.15) is 0 Å². The fourth-order valence-electron chi connectivity index (χ4n) is 2.20. The summed E-state index contributed by atoms with van der Waals surface area (Å²) < 4.78 is 5.51. The van der Waals surface area contributed by atoms with Crippen LogP contribution in [0.3, 0.4) is 0 Å². The average molecular weight is 249 g/mol. The summed E-state index contributed by atoms with van der Waals surface area (Å²) in [5, 5.41) is 8.63. The highest BCUT2D eigenvalue weighted by Crippen LogP contribution is 2.48. The predicted octanol–water partition coefficient (Wildman–Crippen LogP) is 2.19. The molecule has 0 radical (unpaired) electrons. The van der Waals surface area contributed by atoms with Crippen LogP contribution in [0.2, 0.25) is 0 Å². The summed E-state index contributed by atoms with van der Waals surface area (Å²) in [5.41, 5.74) is 8.03. The number of carbonyl (C=O) groups is 1. The van der Waals surface area contributed by atoms with Gasteiger partial charge in [-0.25, -0.2) is 0 Å². The lowest BCUT2D eigenvalue weighted by atomic mass is 9.99. The van der Waals surface area contributed by atoms with E-state index in [2.05, 4.69) is 0 Å². The number of methoxy groups -OCH3 is 1. The van der Waals surface area contributed by atoms with Crippen LogP contribution in [-0.4, -0.2) is 18.2 Å². The zero-order valence-corrected chi connectivity index (χ0v) is 10.6. The molecule has 4 heteroatoms. The predicted molar refractivity (Wildman–Crippen MR) is 68.2 cm³/mol. The van der Waals surface area contributed by atoms with Crippen LogP contribution in [0, 0.1) is 0 Å².